The van der Waals surface area contributed by atoms with E-state index in [1.54, 1.807) is 10.6 Å². The molecule has 1 aliphatic rings. The highest BCUT2D eigenvalue weighted by atomic mass is 35.5. The van der Waals surface area contributed by atoms with Crippen molar-refractivity contribution in [2.45, 2.75) is 51.7 Å². The molecule has 1 heterocycles. The molecule has 6 heteroatoms. The van der Waals surface area contributed by atoms with Gasteiger partial charge in [0.1, 0.15) is 11.5 Å². The molecule has 0 bridgehead atoms. The van der Waals surface area contributed by atoms with E-state index in [2.05, 4.69) is 12.2 Å². The summed E-state index contributed by atoms with van der Waals surface area (Å²) in [7, 11) is 0. The molecule has 3 aromatic rings. The summed E-state index contributed by atoms with van der Waals surface area (Å²) in [5.74, 6) is -0.803. The van der Waals surface area contributed by atoms with Crippen LogP contribution in [0.1, 0.15) is 54.2 Å². The molecular weight excluding hydrogens is 403 g/mol. The standard InChI is InChI=1S/C24H26ClFN2O2/c1-15-6-2-4-8-21(15)27-13-19-18-7-3-5-9-22(18)28(23(19)24(29)30)14-16-10-11-17(26)12-20(16)25/h3,5,7,9-12,15,21,27H,2,4,6,8,13-14H2,1H3,(H,29,30)/t15-,21-/m0/s1. The average Bonchev–Trinajstić information content (AvgIpc) is 3.03. The quantitative estimate of drug-likeness (QED) is 0.517. The van der Waals surface area contributed by atoms with Gasteiger partial charge in [-0.15, -0.1) is 0 Å². The molecule has 0 radical (unpaired) electrons. The molecule has 2 aromatic carbocycles. The van der Waals surface area contributed by atoms with E-state index in [1.165, 1.54) is 31.4 Å². The number of nitrogens with zero attached hydrogens (tertiary/aromatic N) is 1. The van der Waals surface area contributed by atoms with Crippen LogP contribution < -0.4 is 5.32 Å². The summed E-state index contributed by atoms with van der Waals surface area (Å²) in [6.45, 7) is 3.02. The van der Waals surface area contributed by atoms with Crippen molar-refractivity contribution >= 4 is 28.5 Å². The monoisotopic (exact) mass is 428 g/mol. The number of hydrogen-bond acceptors (Lipinski definition) is 2. The molecule has 0 unspecified atom stereocenters. The predicted molar refractivity (Wildman–Crippen MR) is 118 cm³/mol. The van der Waals surface area contributed by atoms with E-state index in [0.29, 0.717) is 29.1 Å². The number of fused-ring (bicyclic) bond motifs is 1. The van der Waals surface area contributed by atoms with Crippen molar-refractivity contribution in [3.63, 3.8) is 0 Å². The third-order valence-electron chi connectivity index (χ3n) is 6.27. The van der Waals surface area contributed by atoms with Crippen LogP contribution in [0.4, 0.5) is 4.39 Å². The van der Waals surface area contributed by atoms with Crippen molar-refractivity contribution in [3.05, 3.63) is 70.1 Å². The molecule has 1 saturated carbocycles. The summed E-state index contributed by atoms with van der Waals surface area (Å²) < 4.78 is 15.2. The van der Waals surface area contributed by atoms with Gasteiger partial charge in [-0.05, 0) is 42.5 Å². The molecule has 4 rings (SSSR count). The van der Waals surface area contributed by atoms with E-state index in [1.807, 2.05) is 24.3 Å². The van der Waals surface area contributed by atoms with E-state index >= 15 is 0 Å². The number of aromatic nitrogens is 1. The lowest BCUT2D eigenvalue weighted by Gasteiger charge is -2.29. The Morgan fingerprint density at radius 3 is 2.73 bits per heavy atom. The fourth-order valence-electron chi connectivity index (χ4n) is 4.64. The number of halogens is 2. The van der Waals surface area contributed by atoms with Crippen LogP contribution in [-0.2, 0) is 13.1 Å². The Balaban J connectivity index is 1.74. The Morgan fingerprint density at radius 2 is 2.00 bits per heavy atom. The zero-order chi connectivity index (χ0) is 21.3. The molecule has 158 valence electrons. The first kappa shape index (κ1) is 20.9. The van der Waals surface area contributed by atoms with Crippen LogP contribution in [0.5, 0.6) is 0 Å². The van der Waals surface area contributed by atoms with Gasteiger partial charge in [-0.1, -0.05) is 55.6 Å². The summed E-state index contributed by atoms with van der Waals surface area (Å²) in [5, 5.41) is 14.9. The number of hydrogen-bond donors (Lipinski definition) is 2. The SMILES string of the molecule is C[C@H]1CCCC[C@@H]1NCc1c(C(=O)O)n(Cc2ccc(F)cc2Cl)c2ccccc12. The third-order valence-corrected chi connectivity index (χ3v) is 6.63. The second-order valence-electron chi connectivity index (χ2n) is 8.22. The summed E-state index contributed by atoms with van der Waals surface area (Å²) in [5.41, 5.74) is 2.56. The number of rotatable bonds is 6. The molecule has 2 atom stereocenters. The second kappa shape index (κ2) is 8.78. The number of aromatic carboxylic acids is 1. The molecule has 1 aliphatic carbocycles. The van der Waals surface area contributed by atoms with Gasteiger partial charge in [-0.25, -0.2) is 9.18 Å². The van der Waals surface area contributed by atoms with Crippen LogP contribution in [0.15, 0.2) is 42.5 Å². The first-order valence-corrected chi connectivity index (χ1v) is 10.8. The van der Waals surface area contributed by atoms with Crippen molar-refractivity contribution < 1.29 is 14.3 Å². The van der Waals surface area contributed by atoms with Crippen molar-refractivity contribution in [2.75, 3.05) is 0 Å². The topological polar surface area (TPSA) is 54.3 Å². The zero-order valence-corrected chi connectivity index (χ0v) is 17.8. The lowest BCUT2D eigenvalue weighted by atomic mass is 9.86. The molecule has 1 aromatic heterocycles. The van der Waals surface area contributed by atoms with Gasteiger partial charge in [0.05, 0.1) is 0 Å². The van der Waals surface area contributed by atoms with Gasteiger partial charge in [0, 0.05) is 40.6 Å². The van der Waals surface area contributed by atoms with Crippen LogP contribution in [0.3, 0.4) is 0 Å². The third kappa shape index (κ3) is 4.09. The highest BCUT2D eigenvalue weighted by molar-refractivity contribution is 6.31. The molecule has 0 spiro atoms. The van der Waals surface area contributed by atoms with Gasteiger partial charge in [0.25, 0.3) is 0 Å². The average molecular weight is 429 g/mol. The summed E-state index contributed by atoms with van der Waals surface area (Å²) >= 11 is 6.23. The number of para-hydroxylation sites is 1. The van der Waals surface area contributed by atoms with Crippen molar-refractivity contribution in [1.29, 1.82) is 0 Å². The second-order valence-corrected chi connectivity index (χ2v) is 8.63. The number of carboxylic acids is 1. The Hall–Kier alpha value is -2.37. The number of benzene rings is 2. The van der Waals surface area contributed by atoms with Crippen LogP contribution in [0.2, 0.25) is 5.02 Å². The Bertz CT molecular complexity index is 1080. The minimum atomic E-state index is -0.974. The summed E-state index contributed by atoms with van der Waals surface area (Å²) in [4.78, 5) is 12.3. The van der Waals surface area contributed by atoms with Crippen LogP contribution >= 0.6 is 11.6 Å². The van der Waals surface area contributed by atoms with Crippen molar-refractivity contribution in [3.8, 4) is 0 Å². The molecule has 4 nitrogen and oxygen atoms in total. The maximum atomic E-state index is 13.5. The Kier molecular flexibility index (Phi) is 6.11. The Morgan fingerprint density at radius 1 is 1.23 bits per heavy atom. The van der Waals surface area contributed by atoms with Crippen LogP contribution in [0.25, 0.3) is 10.9 Å². The number of nitrogens with one attached hydrogen (secondary N) is 1. The molecule has 2 N–H and O–H groups in total. The van der Waals surface area contributed by atoms with E-state index in [-0.39, 0.29) is 12.2 Å². The van der Waals surface area contributed by atoms with Crippen LogP contribution in [-0.4, -0.2) is 21.7 Å². The first-order valence-electron chi connectivity index (χ1n) is 10.5. The molecule has 0 amide bonds. The maximum Gasteiger partial charge on any atom is 0.352 e. The van der Waals surface area contributed by atoms with E-state index < -0.39 is 11.8 Å². The highest BCUT2D eigenvalue weighted by Gasteiger charge is 2.25. The normalized spacial score (nSPS) is 19.3. The van der Waals surface area contributed by atoms with Gasteiger partial charge >= 0.3 is 5.97 Å². The highest BCUT2D eigenvalue weighted by Crippen LogP contribution is 2.30. The lowest BCUT2D eigenvalue weighted by Crippen LogP contribution is -2.37. The predicted octanol–water partition coefficient (Wildman–Crippen LogP) is 5.85. The minimum absolute atomic E-state index is 0.257. The van der Waals surface area contributed by atoms with Crippen molar-refractivity contribution in [1.82, 2.24) is 9.88 Å². The number of carboxylic acid groups (broad SMARTS) is 1. The molecular formula is C24H26ClFN2O2. The van der Waals surface area contributed by atoms with E-state index in [0.717, 1.165) is 22.9 Å². The smallest absolute Gasteiger partial charge is 0.352 e. The molecule has 30 heavy (non-hydrogen) atoms. The summed E-state index contributed by atoms with van der Waals surface area (Å²) in [6.07, 6.45) is 4.79. The fourth-order valence-corrected chi connectivity index (χ4v) is 4.86. The minimum Gasteiger partial charge on any atom is -0.477 e. The maximum absolute atomic E-state index is 13.5. The summed E-state index contributed by atoms with van der Waals surface area (Å²) in [6, 6.07) is 12.3. The van der Waals surface area contributed by atoms with Gasteiger partial charge < -0.3 is 15.0 Å². The van der Waals surface area contributed by atoms with Gasteiger partial charge in [-0.3, -0.25) is 0 Å². The van der Waals surface area contributed by atoms with E-state index in [9.17, 15) is 14.3 Å². The molecule has 0 aliphatic heterocycles. The number of carbonyl (C=O) groups is 1. The van der Waals surface area contributed by atoms with Gasteiger partial charge in [-0.2, -0.15) is 0 Å². The van der Waals surface area contributed by atoms with Gasteiger partial charge in [0.2, 0.25) is 0 Å². The van der Waals surface area contributed by atoms with E-state index in [4.69, 9.17) is 11.6 Å². The largest absolute Gasteiger partial charge is 0.477 e. The van der Waals surface area contributed by atoms with Crippen molar-refractivity contribution in [2.24, 2.45) is 5.92 Å². The fraction of sp³-hybridized carbons (Fsp3) is 0.375. The first-order chi connectivity index (χ1) is 14.5. The van der Waals surface area contributed by atoms with Gasteiger partial charge in [0.15, 0.2) is 0 Å². The van der Waals surface area contributed by atoms with Crippen LogP contribution in [0, 0.1) is 11.7 Å². The Labute approximate surface area is 180 Å². The zero-order valence-electron chi connectivity index (χ0n) is 17.0. The molecule has 1 fully saturated rings. The lowest BCUT2D eigenvalue weighted by molar-refractivity contribution is 0.0684. The molecule has 0 saturated heterocycles.